The molecule has 51 heavy (non-hydrogen) atoms. The first-order valence-corrected chi connectivity index (χ1v) is 18.4. The summed E-state index contributed by atoms with van der Waals surface area (Å²) in [5.74, 6) is 0.464. The van der Waals surface area contributed by atoms with E-state index in [-0.39, 0.29) is 24.0 Å². The number of hydrogen-bond acceptors (Lipinski definition) is 8. The number of pyridine rings is 1. The minimum absolute atomic E-state index is 0.221. The number of aryl methyl sites for hydroxylation is 2. The van der Waals surface area contributed by atoms with E-state index in [1.165, 1.54) is 0 Å². The van der Waals surface area contributed by atoms with E-state index in [2.05, 4.69) is 29.4 Å². The van der Waals surface area contributed by atoms with Gasteiger partial charge in [-0.2, -0.15) is 9.97 Å². The van der Waals surface area contributed by atoms with Crippen molar-refractivity contribution < 1.29 is 23.4 Å². The standard InChI is InChI=1S/C41H45F2N5O3/c1-5-27-24(3)18-25-8-9-30(43)28(6-2)31(25)32(27)35-34-29(10-14-44-35)33-36(41(34)12-13-41)45-38(46-37(33)47-16-17-50-22-39(4,49)21-47)51-23-40-11-7-15-48(40)20-26(42)19-40/h5,8-10,14,18,26,49H,1,6-7,11-13,15-17,19-23H2,2-4H3/t26-,39+,40+/m1/s1. The molecule has 2 aromatic heterocycles. The number of aromatic nitrogens is 3. The zero-order valence-corrected chi connectivity index (χ0v) is 29.7. The summed E-state index contributed by atoms with van der Waals surface area (Å²) < 4.78 is 42.6. The van der Waals surface area contributed by atoms with E-state index < -0.39 is 17.2 Å². The predicted molar refractivity (Wildman–Crippen MR) is 195 cm³/mol. The van der Waals surface area contributed by atoms with Crippen molar-refractivity contribution >= 4 is 22.7 Å². The fourth-order valence-corrected chi connectivity index (χ4v) is 9.78. The second-order valence-electron chi connectivity index (χ2n) is 15.7. The first kappa shape index (κ1) is 32.9. The van der Waals surface area contributed by atoms with Crippen LogP contribution < -0.4 is 9.64 Å². The number of aliphatic hydroxyl groups is 1. The molecule has 1 N–H and O–H groups in total. The molecule has 266 valence electrons. The minimum atomic E-state index is -1.10. The summed E-state index contributed by atoms with van der Waals surface area (Å²) in [6.45, 7) is 13.2. The Kier molecular flexibility index (Phi) is 7.59. The van der Waals surface area contributed by atoms with E-state index in [0.717, 1.165) is 87.8 Å². The smallest absolute Gasteiger partial charge is 0.318 e. The summed E-state index contributed by atoms with van der Waals surface area (Å²) >= 11 is 0. The van der Waals surface area contributed by atoms with Crippen LogP contribution in [-0.4, -0.2) is 88.3 Å². The third-order valence-electron chi connectivity index (χ3n) is 12.2. The van der Waals surface area contributed by atoms with E-state index in [0.29, 0.717) is 57.1 Å². The molecule has 3 aliphatic heterocycles. The molecule has 5 aliphatic rings. The fourth-order valence-electron chi connectivity index (χ4n) is 9.78. The number of β-amino-alcohol motifs (C(OH)–C–C–N with tert-alkyl or cyclic N) is 1. The van der Waals surface area contributed by atoms with Gasteiger partial charge in [-0.25, -0.2) is 8.78 Å². The molecule has 8 nitrogen and oxygen atoms in total. The van der Waals surface area contributed by atoms with E-state index in [9.17, 15) is 9.50 Å². The summed E-state index contributed by atoms with van der Waals surface area (Å²) in [6, 6.07) is 7.85. The topological polar surface area (TPSA) is 83.8 Å². The molecule has 2 aliphatic carbocycles. The van der Waals surface area contributed by atoms with Gasteiger partial charge in [-0.05, 0) is 103 Å². The van der Waals surface area contributed by atoms with Gasteiger partial charge in [-0.1, -0.05) is 31.7 Å². The van der Waals surface area contributed by atoms with E-state index in [1.807, 2.05) is 31.3 Å². The lowest BCUT2D eigenvalue weighted by atomic mass is 9.84. The maximum atomic E-state index is 15.6. The predicted octanol–water partition coefficient (Wildman–Crippen LogP) is 6.95. The van der Waals surface area contributed by atoms with Crippen molar-refractivity contribution in [3.8, 4) is 28.4 Å². The summed E-state index contributed by atoms with van der Waals surface area (Å²) in [4.78, 5) is 19.8. The molecule has 0 unspecified atom stereocenters. The first-order chi connectivity index (χ1) is 24.6. The Bertz CT molecular complexity index is 2100. The Morgan fingerprint density at radius 3 is 2.78 bits per heavy atom. The van der Waals surface area contributed by atoms with Gasteiger partial charge in [-0.3, -0.25) is 9.88 Å². The highest BCUT2D eigenvalue weighted by Crippen LogP contribution is 2.65. The van der Waals surface area contributed by atoms with Crippen LogP contribution in [0.1, 0.15) is 73.9 Å². The molecule has 10 heteroatoms. The molecule has 2 aromatic carbocycles. The van der Waals surface area contributed by atoms with Crippen molar-refractivity contribution in [3.63, 3.8) is 0 Å². The van der Waals surface area contributed by atoms with Gasteiger partial charge in [0, 0.05) is 42.2 Å². The molecule has 4 fully saturated rings. The molecule has 0 amide bonds. The molecule has 3 atom stereocenters. The third kappa shape index (κ3) is 5.04. The van der Waals surface area contributed by atoms with Gasteiger partial charge in [0.25, 0.3) is 0 Å². The number of nitrogens with zero attached hydrogens (tertiary/aromatic N) is 5. The van der Waals surface area contributed by atoms with E-state index >= 15 is 4.39 Å². The molecule has 0 bridgehead atoms. The Balaban J connectivity index is 1.25. The van der Waals surface area contributed by atoms with Crippen LogP contribution in [0.3, 0.4) is 0 Å². The Morgan fingerprint density at radius 1 is 1.16 bits per heavy atom. The number of rotatable bonds is 7. The number of fused-ring (bicyclic) bond motifs is 7. The van der Waals surface area contributed by atoms with Crippen molar-refractivity contribution in [1.82, 2.24) is 19.9 Å². The molecule has 0 radical (unpaired) electrons. The molecular weight excluding hydrogens is 648 g/mol. The Hall–Kier alpha value is -3.99. The number of halogens is 2. The normalized spacial score (nSPS) is 26.3. The van der Waals surface area contributed by atoms with Crippen LogP contribution >= 0.6 is 0 Å². The van der Waals surface area contributed by atoms with Crippen LogP contribution in [0.15, 0.2) is 37.0 Å². The lowest BCUT2D eigenvalue weighted by Crippen LogP contribution is -2.44. The van der Waals surface area contributed by atoms with Gasteiger partial charge in [-0.15, -0.1) is 0 Å². The molecular formula is C41H45F2N5O3. The number of hydrogen-bond donors (Lipinski definition) is 1. The highest BCUT2D eigenvalue weighted by atomic mass is 19.1. The van der Waals surface area contributed by atoms with Gasteiger partial charge < -0.3 is 19.5 Å². The van der Waals surface area contributed by atoms with Crippen molar-refractivity contribution in [1.29, 1.82) is 0 Å². The van der Waals surface area contributed by atoms with Crippen LogP contribution in [0, 0.1) is 12.7 Å². The minimum Gasteiger partial charge on any atom is -0.461 e. The van der Waals surface area contributed by atoms with E-state index in [1.54, 1.807) is 13.0 Å². The second-order valence-corrected chi connectivity index (χ2v) is 15.7. The Morgan fingerprint density at radius 2 is 2.00 bits per heavy atom. The SMILES string of the molecule is C=Cc1c(C)cc2ccc(F)c(CC)c2c1-c1nccc2c1C1(CC1)c1nc(OC[C@@]34CCCN3C[C@H](F)C4)nc(N3CCOC[C@@](C)(O)C3)c1-2. The van der Waals surface area contributed by atoms with E-state index in [4.69, 9.17) is 24.4 Å². The maximum Gasteiger partial charge on any atom is 0.318 e. The van der Waals surface area contributed by atoms with Crippen LogP contribution in [0.4, 0.5) is 14.6 Å². The van der Waals surface area contributed by atoms with Crippen LogP contribution in [0.25, 0.3) is 39.2 Å². The van der Waals surface area contributed by atoms with Crippen molar-refractivity contribution in [3.05, 3.63) is 70.8 Å². The van der Waals surface area contributed by atoms with Crippen LogP contribution in [-0.2, 0) is 16.6 Å². The Labute approximate surface area is 297 Å². The summed E-state index contributed by atoms with van der Waals surface area (Å²) in [5.41, 5.74) is 6.36. The monoisotopic (exact) mass is 693 g/mol. The van der Waals surface area contributed by atoms with Crippen LogP contribution in [0.5, 0.6) is 6.01 Å². The highest BCUT2D eigenvalue weighted by Gasteiger charge is 2.57. The lowest BCUT2D eigenvalue weighted by molar-refractivity contribution is -0.0123. The number of ether oxygens (including phenoxy) is 2. The van der Waals surface area contributed by atoms with Crippen LogP contribution in [0.2, 0.25) is 0 Å². The molecule has 4 aromatic rings. The summed E-state index contributed by atoms with van der Waals surface area (Å²) in [5, 5.41) is 13.1. The van der Waals surface area contributed by atoms with Crippen molar-refractivity contribution in [2.75, 3.05) is 50.9 Å². The molecule has 9 rings (SSSR count). The maximum absolute atomic E-state index is 15.6. The highest BCUT2D eigenvalue weighted by molar-refractivity contribution is 6.05. The van der Waals surface area contributed by atoms with Gasteiger partial charge in [0.05, 0.1) is 36.7 Å². The van der Waals surface area contributed by atoms with Crippen molar-refractivity contribution in [2.45, 2.75) is 82.0 Å². The largest absolute Gasteiger partial charge is 0.461 e. The third-order valence-corrected chi connectivity index (χ3v) is 12.2. The molecule has 1 saturated carbocycles. The zero-order valence-electron chi connectivity index (χ0n) is 29.7. The summed E-state index contributed by atoms with van der Waals surface area (Å²) in [7, 11) is 0. The first-order valence-electron chi connectivity index (χ1n) is 18.4. The lowest BCUT2D eigenvalue weighted by Gasteiger charge is -2.32. The van der Waals surface area contributed by atoms with Crippen molar-refractivity contribution in [2.24, 2.45) is 0 Å². The van der Waals surface area contributed by atoms with Gasteiger partial charge in [0.2, 0.25) is 0 Å². The van der Waals surface area contributed by atoms with Gasteiger partial charge in [0.15, 0.2) is 0 Å². The zero-order chi connectivity index (χ0) is 35.3. The number of anilines is 1. The number of alkyl halides is 1. The second kappa shape index (κ2) is 11.8. The quantitative estimate of drug-likeness (QED) is 0.223. The average molecular weight is 694 g/mol. The molecule has 3 saturated heterocycles. The fraction of sp³-hybridized carbons (Fsp3) is 0.488. The van der Waals surface area contributed by atoms with Gasteiger partial charge >= 0.3 is 6.01 Å². The number of benzene rings is 2. The average Bonchev–Trinajstić information content (AvgIpc) is 3.69. The van der Waals surface area contributed by atoms with Gasteiger partial charge in [0.1, 0.15) is 30.0 Å². The summed E-state index contributed by atoms with van der Waals surface area (Å²) in [6.07, 6.45) is 7.47. The molecule has 5 heterocycles. The molecule has 1 spiro atoms.